The fourth-order valence-corrected chi connectivity index (χ4v) is 3.65. The number of nitrogens with two attached hydrogens (primary N) is 1. The molecule has 0 saturated carbocycles. The monoisotopic (exact) mass is 363 g/mol. The first-order valence-electron chi connectivity index (χ1n) is 9.63. The van der Waals surface area contributed by atoms with Crippen LogP contribution in [0.15, 0.2) is 48.0 Å². The van der Waals surface area contributed by atoms with E-state index in [2.05, 4.69) is 28.1 Å². The Morgan fingerprint density at radius 2 is 1.89 bits per heavy atom. The quantitative estimate of drug-likeness (QED) is 0.801. The largest absolute Gasteiger partial charge is 0.326 e. The number of hydrogen-bond donors (Lipinski definition) is 1. The highest BCUT2D eigenvalue weighted by atomic mass is 15.6. The Balaban J connectivity index is 1.46. The van der Waals surface area contributed by atoms with Crippen molar-refractivity contribution in [3.05, 3.63) is 54.0 Å². The maximum atomic E-state index is 5.73. The zero-order valence-corrected chi connectivity index (χ0v) is 15.9. The van der Waals surface area contributed by atoms with Gasteiger partial charge in [-0.25, -0.2) is 9.97 Å². The van der Waals surface area contributed by atoms with E-state index < -0.39 is 0 Å². The van der Waals surface area contributed by atoms with Crippen LogP contribution in [0.1, 0.15) is 24.0 Å². The first kappa shape index (κ1) is 18.0. The van der Waals surface area contributed by atoms with Crippen LogP contribution < -0.4 is 5.73 Å². The Kier molecular flexibility index (Phi) is 5.11. The molecule has 3 heterocycles. The van der Waals surface area contributed by atoms with Crippen molar-refractivity contribution in [1.82, 2.24) is 14.9 Å². The summed E-state index contributed by atoms with van der Waals surface area (Å²) < 4.78 is 0.589. The normalized spacial score (nSPS) is 22.4. The molecule has 2 N–H and O–H groups in total. The number of nitrogens with zero attached hydrogens (tertiary/aromatic N) is 5. The molecule has 1 saturated heterocycles. The smallest absolute Gasteiger partial charge is 0.159 e. The zero-order chi connectivity index (χ0) is 18.7. The van der Waals surface area contributed by atoms with Gasteiger partial charge in [-0.1, -0.05) is 23.3 Å². The van der Waals surface area contributed by atoms with Gasteiger partial charge in [0.2, 0.25) is 0 Å². The lowest BCUT2D eigenvalue weighted by Crippen LogP contribution is -2.38. The lowest BCUT2D eigenvalue weighted by atomic mass is 10.1. The topological polar surface area (TPSA) is 67.4 Å². The van der Waals surface area contributed by atoms with E-state index in [-0.39, 0.29) is 0 Å². The van der Waals surface area contributed by atoms with Crippen molar-refractivity contribution in [1.29, 1.82) is 0 Å². The third-order valence-corrected chi connectivity index (χ3v) is 5.35. The summed E-state index contributed by atoms with van der Waals surface area (Å²) in [5.74, 6) is 0.718. The van der Waals surface area contributed by atoms with Crippen LogP contribution >= 0.6 is 0 Å². The number of benzene rings is 1. The third kappa shape index (κ3) is 4.13. The maximum Gasteiger partial charge on any atom is 0.159 e. The summed E-state index contributed by atoms with van der Waals surface area (Å²) in [4.78, 5) is 11.6. The molecule has 0 amide bonds. The van der Waals surface area contributed by atoms with Gasteiger partial charge in [0, 0.05) is 30.1 Å². The molecular weight excluding hydrogens is 336 g/mol. The van der Waals surface area contributed by atoms with Crippen molar-refractivity contribution in [3.63, 3.8) is 0 Å². The van der Waals surface area contributed by atoms with E-state index in [0.717, 1.165) is 41.2 Å². The van der Waals surface area contributed by atoms with E-state index in [9.17, 15) is 0 Å². The van der Waals surface area contributed by atoms with E-state index >= 15 is 0 Å². The highest BCUT2D eigenvalue weighted by Gasteiger charge is 2.27. The molecule has 2 aromatic rings. The van der Waals surface area contributed by atoms with E-state index in [1.807, 2.05) is 42.9 Å². The first-order valence-corrected chi connectivity index (χ1v) is 9.63. The second kappa shape index (κ2) is 7.68. The minimum Gasteiger partial charge on any atom is -0.326 e. The second-order valence-corrected chi connectivity index (χ2v) is 7.52. The number of aromatic nitrogens is 2. The van der Waals surface area contributed by atoms with Crippen LogP contribution in [0.5, 0.6) is 0 Å². The summed E-state index contributed by atoms with van der Waals surface area (Å²) in [7, 11) is 2.15. The number of quaternary nitrogens is 1. The minimum atomic E-state index is 0.517. The molecule has 140 valence electrons. The molecule has 1 fully saturated rings. The van der Waals surface area contributed by atoms with Gasteiger partial charge in [0.15, 0.2) is 5.82 Å². The van der Waals surface area contributed by atoms with Gasteiger partial charge in [0.1, 0.15) is 12.7 Å². The lowest BCUT2D eigenvalue weighted by molar-refractivity contribution is -0.862. The molecule has 0 aliphatic carbocycles. The van der Waals surface area contributed by atoms with Crippen LogP contribution in [0.4, 0.5) is 0 Å². The van der Waals surface area contributed by atoms with Gasteiger partial charge in [-0.2, -0.15) is 4.59 Å². The van der Waals surface area contributed by atoms with Crippen LogP contribution in [0.3, 0.4) is 0 Å². The molecular formula is C21H27N6+. The number of likely N-dealkylation sites (N-methyl/N-ethyl adjacent to an activating group) is 1. The molecule has 1 atom stereocenters. The highest BCUT2D eigenvalue weighted by Crippen LogP contribution is 2.24. The third-order valence-electron chi connectivity index (χ3n) is 5.35. The average Bonchev–Trinajstić information content (AvgIpc) is 3.37. The summed E-state index contributed by atoms with van der Waals surface area (Å²) >= 11 is 0. The SMILES string of the molecule is C[N+]1(CCN2CCCC2)C=C(c2cnc(-c3cccc(CN)c3)nc2)C=N1. The van der Waals surface area contributed by atoms with Crippen molar-refractivity contribution in [2.45, 2.75) is 19.4 Å². The highest BCUT2D eigenvalue weighted by molar-refractivity contribution is 6.09. The van der Waals surface area contributed by atoms with Crippen molar-refractivity contribution < 1.29 is 4.59 Å². The summed E-state index contributed by atoms with van der Waals surface area (Å²) in [6, 6.07) is 8.05. The maximum absolute atomic E-state index is 5.73. The van der Waals surface area contributed by atoms with E-state index in [4.69, 9.17) is 10.8 Å². The summed E-state index contributed by atoms with van der Waals surface area (Å²) in [6.07, 6.45) is 10.6. The molecule has 0 bridgehead atoms. The molecule has 0 spiro atoms. The zero-order valence-electron chi connectivity index (χ0n) is 15.9. The second-order valence-electron chi connectivity index (χ2n) is 7.52. The molecule has 6 nitrogen and oxygen atoms in total. The van der Waals surface area contributed by atoms with Crippen LogP contribution in [-0.4, -0.2) is 58.9 Å². The molecule has 4 rings (SSSR count). The number of allylic oxidation sites excluding steroid dienone is 1. The molecule has 2 aliphatic rings. The molecule has 1 aromatic carbocycles. The molecule has 6 heteroatoms. The standard InChI is InChI=1S/C21H27N6/c1-27(10-9-26-7-2-3-8-26)16-20(15-25-27)19-13-23-21(24-14-19)18-6-4-5-17(11-18)12-22/h4-6,11,13-16H,2-3,7-10,12,22H2,1H3/q+1. The van der Waals surface area contributed by atoms with E-state index in [1.165, 1.54) is 25.9 Å². The molecule has 1 aromatic heterocycles. The molecule has 1 unspecified atom stereocenters. The predicted octanol–water partition coefficient (Wildman–Crippen LogP) is 2.49. The van der Waals surface area contributed by atoms with Crippen LogP contribution in [0, 0.1) is 0 Å². The van der Waals surface area contributed by atoms with Crippen LogP contribution in [0.25, 0.3) is 17.0 Å². The predicted molar refractivity (Wildman–Crippen MR) is 109 cm³/mol. The van der Waals surface area contributed by atoms with Gasteiger partial charge in [0.25, 0.3) is 0 Å². The van der Waals surface area contributed by atoms with E-state index in [1.54, 1.807) is 0 Å². The van der Waals surface area contributed by atoms with Gasteiger partial charge < -0.3 is 5.73 Å². The fourth-order valence-electron chi connectivity index (χ4n) is 3.65. The van der Waals surface area contributed by atoms with Crippen molar-refractivity contribution >= 4 is 11.8 Å². The van der Waals surface area contributed by atoms with Gasteiger partial charge >= 0.3 is 0 Å². The minimum absolute atomic E-state index is 0.517. The number of hydrogen-bond acceptors (Lipinski definition) is 5. The van der Waals surface area contributed by atoms with Crippen molar-refractivity contribution in [2.24, 2.45) is 10.8 Å². The summed E-state index contributed by atoms with van der Waals surface area (Å²) in [6.45, 7) is 5.04. The Morgan fingerprint density at radius 3 is 2.63 bits per heavy atom. The van der Waals surface area contributed by atoms with Gasteiger partial charge in [-0.15, -0.1) is 0 Å². The van der Waals surface area contributed by atoms with Crippen LogP contribution in [-0.2, 0) is 6.54 Å². The number of rotatable bonds is 6. The van der Waals surface area contributed by atoms with E-state index in [0.29, 0.717) is 11.1 Å². The summed E-state index contributed by atoms with van der Waals surface area (Å²) in [5, 5.41) is 4.71. The van der Waals surface area contributed by atoms with Gasteiger partial charge in [-0.05, 0) is 37.6 Å². The number of likely N-dealkylation sites (tertiary alicyclic amines) is 1. The molecule has 27 heavy (non-hydrogen) atoms. The van der Waals surface area contributed by atoms with Crippen molar-refractivity contribution in [2.75, 3.05) is 33.2 Å². The molecule has 0 radical (unpaired) electrons. The Hall–Kier alpha value is -2.41. The van der Waals surface area contributed by atoms with Gasteiger partial charge in [0.05, 0.1) is 25.4 Å². The lowest BCUT2D eigenvalue weighted by Gasteiger charge is -2.23. The Labute approximate surface area is 160 Å². The fraction of sp³-hybridized carbons (Fsp3) is 0.381. The first-order chi connectivity index (χ1) is 13.1. The average molecular weight is 363 g/mol. The van der Waals surface area contributed by atoms with Crippen molar-refractivity contribution in [3.8, 4) is 11.4 Å². The van der Waals surface area contributed by atoms with Gasteiger partial charge in [-0.3, -0.25) is 4.90 Å². The molecule has 2 aliphatic heterocycles. The Morgan fingerprint density at radius 1 is 1.11 bits per heavy atom. The van der Waals surface area contributed by atoms with Crippen LogP contribution in [0.2, 0.25) is 0 Å². The summed E-state index contributed by atoms with van der Waals surface area (Å²) in [5.41, 5.74) is 9.88. The Bertz CT molecular complexity index is 851.